The molecule has 0 aromatic rings. The Balaban J connectivity index is 2.69. The molecule has 0 radical (unpaired) electrons. The van der Waals surface area contributed by atoms with E-state index in [2.05, 4.69) is 0 Å². The Labute approximate surface area is 258 Å². The van der Waals surface area contributed by atoms with E-state index in [0.717, 1.165) is 48.5 Å². The second kappa shape index (κ2) is 17.0. The van der Waals surface area contributed by atoms with Crippen molar-refractivity contribution in [2.75, 3.05) is 20.3 Å². The molecule has 0 bridgehead atoms. The van der Waals surface area contributed by atoms with Gasteiger partial charge in [0.15, 0.2) is 43.1 Å². The standard InChI is InChI=1S/C27H38O18/c1-11(28)36-9-18-20(38-13(3)30)22(39-14(4)31)25(42-17(7)34)27(44-18)45-21-19(10-37-12(2)29)43-26(35-8)24(41-16(6)33)23(21)40-15(5)32/h18-27H,9-10H2,1-8H3/t18-,19+,20+,21-,22-,23-,24+,25+,26+,27+/m0/s1. The first-order valence-corrected chi connectivity index (χ1v) is 13.7. The van der Waals surface area contributed by atoms with E-state index in [9.17, 15) is 33.6 Å². The Morgan fingerprint density at radius 1 is 0.444 bits per heavy atom. The van der Waals surface area contributed by atoms with E-state index in [-0.39, 0.29) is 0 Å². The highest BCUT2D eigenvalue weighted by Crippen LogP contribution is 2.35. The van der Waals surface area contributed by atoms with E-state index in [4.69, 9.17) is 52.1 Å². The molecule has 0 saturated carbocycles. The van der Waals surface area contributed by atoms with E-state index in [1.54, 1.807) is 0 Å². The number of ether oxygens (including phenoxy) is 11. The van der Waals surface area contributed by atoms with Crippen LogP contribution < -0.4 is 0 Å². The van der Waals surface area contributed by atoms with Gasteiger partial charge in [-0.1, -0.05) is 0 Å². The predicted molar refractivity (Wildman–Crippen MR) is 140 cm³/mol. The number of esters is 7. The zero-order valence-electron chi connectivity index (χ0n) is 26.0. The van der Waals surface area contributed by atoms with Crippen LogP contribution in [-0.2, 0) is 85.7 Å². The summed E-state index contributed by atoms with van der Waals surface area (Å²) in [6.45, 7) is 6.44. The molecule has 2 aliphatic heterocycles. The molecule has 0 amide bonds. The summed E-state index contributed by atoms with van der Waals surface area (Å²) in [6.07, 6.45) is -15.0. The third-order valence-corrected chi connectivity index (χ3v) is 6.12. The first-order chi connectivity index (χ1) is 21.0. The maximum absolute atomic E-state index is 12.2. The molecular weight excluding hydrogens is 612 g/mol. The van der Waals surface area contributed by atoms with Crippen molar-refractivity contribution in [2.45, 2.75) is 110 Å². The Kier molecular flexibility index (Phi) is 14.1. The van der Waals surface area contributed by atoms with Gasteiger partial charge in [0.25, 0.3) is 0 Å². The van der Waals surface area contributed by atoms with E-state index in [1.165, 1.54) is 7.11 Å². The monoisotopic (exact) mass is 650 g/mol. The fraction of sp³-hybridized carbons (Fsp3) is 0.741. The molecule has 10 atom stereocenters. The second-order valence-corrected chi connectivity index (χ2v) is 9.90. The molecule has 0 aromatic carbocycles. The molecule has 18 heteroatoms. The number of carbonyl (C=O) groups excluding carboxylic acids is 7. The average molecular weight is 651 g/mol. The van der Waals surface area contributed by atoms with Gasteiger partial charge in [0.2, 0.25) is 0 Å². The normalized spacial score (nSPS) is 31.0. The van der Waals surface area contributed by atoms with Crippen LogP contribution in [0.2, 0.25) is 0 Å². The van der Waals surface area contributed by atoms with Crippen LogP contribution in [-0.4, -0.2) is 124 Å². The molecule has 254 valence electrons. The van der Waals surface area contributed by atoms with Crippen molar-refractivity contribution in [1.82, 2.24) is 0 Å². The lowest BCUT2D eigenvalue weighted by molar-refractivity contribution is -0.359. The minimum Gasteiger partial charge on any atom is -0.463 e. The third kappa shape index (κ3) is 11.2. The zero-order valence-corrected chi connectivity index (χ0v) is 26.0. The SMILES string of the molecule is CO[C@@H]1O[C@H](COC(C)=O)[C@H](O[C@H]2O[C@@H](COC(C)=O)[C@@H](OC(C)=O)[C@H](OC(C)=O)[C@H]2OC(C)=O)[C@H](OC(C)=O)[C@H]1OC(C)=O. The molecular formula is C27H38O18. The lowest BCUT2D eigenvalue weighted by Crippen LogP contribution is -2.67. The Bertz CT molecular complexity index is 1110. The average Bonchev–Trinajstić information content (AvgIpc) is 2.90. The first-order valence-electron chi connectivity index (χ1n) is 13.7. The maximum Gasteiger partial charge on any atom is 0.303 e. The fourth-order valence-corrected chi connectivity index (χ4v) is 4.66. The van der Waals surface area contributed by atoms with Crippen molar-refractivity contribution in [3.05, 3.63) is 0 Å². The summed E-state index contributed by atoms with van der Waals surface area (Å²) in [7, 11) is 1.22. The van der Waals surface area contributed by atoms with Crippen LogP contribution in [0.25, 0.3) is 0 Å². The van der Waals surface area contributed by atoms with Crippen LogP contribution in [0, 0.1) is 0 Å². The molecule has 2 rings (SSSR count). The first kappa shape index (κ1) is 37.3. The minimum absolute atomic E-state index is 0.504. The number of methoxy groups -OCH3 is 1. The molecule has 0 spiro atoms. The quantitative estimate of drug-likeness (QED) is 0.187. The predicted octanol–water partition coefficient (Wildman–Crippen LogP) is -0.747. The Hall–Kier alpha value is -3.87. The van der Waals surface area contributed by atoms with E-state index in [1.807, 2.05) is 0 Å². The van der Waals surface area contributed by atoms with Crippen molar-refractivity contribution in [1.29, 1.82) is 0 Å². The molecule has 0 aromatic heterocycles. The lowest BCUT2D eigenvalue weighted by Gasteiger charge is -2.48. The molecule has 2 fully saturated rings. The van der Waals surface area contributed by atoms with Crippen LogP contribution in [0.3, 0.4) is 0 Å². The van der Waals surface area contributed by atoms with Gasteiger partial charge in [0, 0.05) is 55.6 Å². The van der Waals surface area contributed by atoms with Gasteiger partial charge >= 0.3 is 41.8 Å². The van der Waals surface area contributed by atoms with Crippen molar-refractivity contribution < 1.29 is 85.7 Å². The minimum atomic E-state index is -1.76. The summed E-state index contributed by atoms with van der Waals surface area (Å²) >= 11 is 0. The molecule has 0 aliphatic carbocycles. The maximum atomic E-state index is 12.2. The van der Waals surface area contributed by atoms with Gasteiger partial charge in [-0.2, -0.15) is 0 Å². The third-order valence-electron chi connectivity index (χ3n) is 6.12. The summed E-state index contributed by atoms with van der Waals surface area (Å²) in [5.74, 6) is -5.76. The molecule has 18 nitrogen and oxygen atoms in total. The van der Waals surface area contributed by atoms with Gasteiger partial charge in [-0.25, -0.2) is 0 Å². The van der Waals surface area contributed by atoms with Crippen LogP contribution in [0.5, 0.6) is 0 Å². The van der Waals surface area contributed by atoms with Crippen molar-refractivity contribution in [3.63, 3.8) is 0 Å². The molecule has 0 N–H and O–H groups in total. The van der Waals surface area contributed by atoms with E-state index >= 15 is 0 Å². The van der Waals surface area contributed by atoms with E-state index < -0.39 is 116 Å². The van der Waals surface area contributed by atoms with Gasteiger partial charge in [-0.3, -0.25) is 33.6 Å². The Morgan fingerprint density at radius 3 is 1.18 bits per heavy atom. The molecule has 2 saturated heterocycles. The topological polar surface area (TPSA) is 221 Å². The van der Waals surface area contributed by atoms with Gasteiger partial charge in [-0.05, 0) is 0 Å². The molecule has 0 unspecified atom stereocenters. The van der Waals surface area contributed by atoms with Gasteiger partial charge < -0.3 is 52.1 Å². The zero-order chi connectivity index (χ0) is 34.0. The molecule has 2 heterocycles. The largest absolute Gasteiger partial charge is 0.463 e. The highest BCUT2D eigenvalue weighted by molar-refractivity contribution is 5.69. The van der Waals surface area contributed by atoms with Gasteiger partial charge in [0.05, 0.1) is 0 Å². The van der Waals surface area contributed by atoms with E-state index in [0.29, 0.717) is 0 Å². The van der Waals surface area contributed by atoms with Crippen LogP contribution in [0.1, 0.15) is 48.5 Å². The van der Waals surface area contributed by atoms with Crippen molar-refractivity contribution in [2.24, 2.45) is 0 Å². The van der Waals surface area contributed by atoms with Crippen LogP contribution in [0.4, 0.5) is 0 Å². The van der Waals surface area contributed by atoms with Crippen LogP contribution in [0.15, 0.2) is 0 Å². The smallest absolute Gasteiger partial charge is 0.303 e. The molecule has 45 heavy (non-hydrogen) atoms. The summed E-state index contributed by atoms with van der Waals surface area (Å²) in [6, 6.07) is 0. The van der Waals surface area contributed by atoms with Gasteiger partial charge in [-0.15, -0.1) is 0 Å². The highest BCUT2D eigenvalue weighted by Gasteiger charge is 2.57. The summed E-state index contributed by atoms with van der Waals surface area (Å²) in [4.78, 5) is 84.0. The molecule has 2 aliphatic rings. The van der Waals surface area contributed by atoms with Crippen molar-refractivity contribution >= 4 is 41.8 Å². The fourth-order valence-electron chi connectivity index (χ4n) is 4.66. The summed E-state index contributed by atoms with van der Waals surface area (Å²) in [5.41, 5.74) is 0. The Morgan fingerprint density at radius 2 is 0.778 bits per heavy atom. The highest BCUT2D eigenvalue weighted by atomic mass is 16.8. The summed E-state index contributed by atoms with van der Waals surface area (Å²) in [5, 5.41) is 0. The number of rotatable bonds is 12. The van der Waals surface area contributed by atoms with Crippen LogP contribution >= 0.6 is 0 Å². The number of hydrogen-bond donors (Lipinski definition) is 0. The van der Waals surface area contributed by atoms with Gasteiger partial charge in [0.1, 0.15) is 31.5 Å². The number of carbonyl (C=O) groups is 7. The summed E-state index contributed by atoms with van der Waals surface area (Å²) < 4.78 is 60.6. The number of hydrogen-bond acceptors (Lipinski definition) is 18. The second-order valence-electron chi connectivity index (χ2n) is 9.90. The van der Waals surface area contributed by atoms with Crippen molar-refractivity contribution in [3.8, 4) is 0 Å². The lowest BCUT2D eigenvalue weighted by atomic mass is 9.96.